The highest BCUT2D eigenvalue weighted by Gasteiger charge is 2.25. The first-order valence-corrected chi connectivity index (χ1v) is 7.14. The van der Waals surface area contributed by atoms with Gasteiger partial charge in [-0.05, 0) is 20.8 Å². The third kappa shape index (κ3) is 7.67. The van der Waals surface area contributed by atoms with Gasteiger partial charge in [0.05, 0.1) is 19.8 Å². The van der Waals surface area contributed by atoms with Crippen LogP contribution in [0.5, 0.6) is 0 Å². The SMILES string of the molecule is CCN(CCOCCO)S(=O)(=O)NC(C)(C)C. The summed E-state index contributed by atoms with van der Waals surface area (Å²) in [7, 11) is -3.48. The van der Waals surface area contributed by atoms with Crippen LogP contribution in [0.3, 0.4) is 0 Å². The summed E-state index contributed by atoms with van der Waals surface area (Å²) in [5.74, 6) is 0. The number of aliphatic hydroxyl groups excluding tert-OH is 1. The number of nitrogens with zero attached hydrogens (tertiary/aromatic N) is 1. The zero-order chi connectivity index (χ0) is 13.5. The lowest BCUT2D eigenvalue weighted by atomic mass is 10.1. The van der Waals surface area contributed by atoms with E-state index in [0.717, 1.165) is 0 Å². The predicted octanol–water partition coefficient (Wildman–Crippen LogP) is -0.0499. The highest BCUT2D eigenvalue weighted by atomic mass is 32.2. The van der Waals surface area contributed by atoms with Crippen molar-refractivity contribution >= 4 is 10.2 Å². The van der Waals surface area contributed by atoms with Crippen molar-refractivity contribution in [2.75, 3.05) is 32.9 Å². The fourth-order valence-electron chi connectivity index (χ4n) is 1.23. The Labute approximate surface area is 104 Å². The Kier molecular flexibility index (Phi) is 7.18. The predicted molar refractivity (Wildman–Crippen MR) is 67.0 cm³/mol. The average molecular weight is 268 g/mol. The van der Waals surface area contributed by atoms with Gasteiger partial charge in [0, 0.05) is 18.6 Å². The minimum Gasteiger partial charge on any atom is -0.394 e. The van der Waals surface area contributed by atoms with E-state index < -0.39 is 15.7 Å². The Morgan fingerprint density at radius 1 is 1.29 bits per heavy atom. The molecule has 0 fully saturated rings. The van der Waals surface area contributed by atoms with Gasteiger partial charge in [0.25, 0.3) is 10.2 Å². The number of nitrogens with one attached hydrogen (secondary N) is 1. The molecule has 0 amide bonds. The molecule has 0 unspecified atom stereocenters. The van der Waals surface area contributed by atoms with Gasteiger partial charge in [0.1, 0.15) is 0 Å². The number of ether oxygens (including phenoxy) is 1. The molecule has 7 heteroatoms. The molecule has 0 rings (SSSR count). The lowest BCUT2D eigenvalue weighted by Gasteiger charge is -2.27. The third-order valence-corrected chi connectivity index (χ3v) is 3.84. The Bertz CT molecular complexity index is 298. The van der Waals surface area contributed by atoms with Crippen LogP contribution < -0.4 is 4.72 Å². The van der Waals surface area contributed by atoms with Gasteiger partial charge in [-0.2, -0.15) is 17.4 Å². The van der Waals surface area contributed by atoms with E-state index >= 15 is 0 Å². The Hall–Kier alpha value is -0.210. The van der Waals surface area contributed by atoms with Crippen LogP contribution in [-0.4, -0.2) is 56.3 Å². The molecule has 0 aliphatic rings. The summed E-state index contributed by atoms with van der Waals surface area (Å²) >= 11 is 0. The molecule has 0 spiro atoms. The summed E-state index contributed by atoms with van der Waals surface area (Å²) < 4.78 is 32.9. The van der Waals surface area contributed by atoms with Crippen LogP contribution in [0, 0.1) is 0 Å². The molecule has 0 bridgehead atoms. The van der Waals surface area contributed by atoms with Crippen molar-refractivity contribution < 1.29 is 18.3 Å². The summed E-state index contributed by atoms with van der Waals surface area (Å²) in [6, 6.07) is 0. The molecule has 0 aromatic heterocycles. The van der Waals surface area contributed by atoms with Crippen molar-refractivity contribution in [1.29, 1.82) is 0 Å². The van der Waals surface area contributed by atoms with Crippen molar-refractivity contribution in [2.24, 2.45) is 0 Å². The number of hydrogen-bond donors (Lipinski definition) is 2. The van der Waals surface area contributed by atoms with Crippen LogP contribution >= 0.6 is 0 Å². The monoisotopic (exact) mass is 268 g/mol. The van der Waals surface area contributed by atoms with Crippen LogP contribution in [0.2, 0.25) is 0 Å². The zero-order valence-corrected chi connectivity index (χ0v) is 11.9. The molecular weight excluding hydrogens is 244 g/mol. The molecule has 0 aromatic carbocycles. The Morgan fingerprint density at radius 2 is 1.88 bits per heavy atom. The number of hydrogen-bond acceptors (Lipinski definition) is 4. The second-order valence-corrected chi connectivity index (χ2v) is 6.36. The normalized spacial score (nSPS) is 13.3. The van der Waals surface area contributed by atoms with Crippen LogP contribution in [0.4, 0.5) is 0 Å². The summed E-state index contributed by atoms with van der Waals surface area (Å²) in [6.07, 6.45) is 0. The minimum atomic E-state index is -3.48. The van der Waals surface area contributed by atoms with E-state index in [-0.39, 0.29) is 26.4 Å². The van der Waals surface area contributed by atoms with Crippen LogP contribution in [0.15, 0.2) is 0 Å². The molecule has 17 heavy (non-hydrogen) atoms. The molecule has 104 valence electrons. The first kappa shape index (κ1) is 16.8. The van der Waals surface area contributed by atoms with Crippen LogP contribution in [-0.2, 0) is 14.9 Å². The van der Waals surface area contributed by atoms with Crippen molar-refractivity contribution in [2.45, 2.75) is 33.2 Å². The molecule has 0 aliphatic heterocycles. The largest absolute Gasteiger partial charge is 0.394 e. The Balaban J connectivity index is 4.33. The first-order valence-electron chi connectivity index (χ1n) is 5.70. The van der Waals surface area contributed by atoms with E-state index in [1.165, 1.54) is 4.31 Å². The van der Waals surface area contributed by atoms with E-state index in [9.17, 15) is 8.42 Å². The summed E-state index contributed by atoms with van der Waals surface area (Å²) in [6.45, 7) is 8.26. The van der Waals surface area contributed by atoms with Crippen molar-refractivity contribution in [1.82, 2.24) is 9.03 Å². The standard InChI is InChI=1S/C10H24N2O4S/c1-5-12(6-8-16-9-7-13)17(14,15)11-10(2,3)4/h11,13H,5-9H2,1-4H3. The molecule has 0 saturated carbocycles. The maximum Gasteiger partial charge on any atom is 0.279 e. The van der Waals surface area contributed by atoms with Gasteiger partial charge in [0.15, 0.2) is 0 Å². The molecule has 0 aliphatic carbocycles. The van der Waals surface area contributed by atoms with Crippen LogP contribution in [0.25, 0.3) is 0 Å². The van der Waals surface area contributed by atoms with Crippen molar-refractivity contribution in [3.63, 3.8) is 0 Å². The van der Waals surface area contributed by atoms with E-state index in [2.05, 4.69) is 4.72 Å². The maximum absolute atomic E-state index is 12.0. The molecule has 0 radical (unpaired) electrons. The van der Waals surface area contributed by atoms with Gasteiger partial charge in [-0.1, -0.05) is 6.92 Å². The van der Waals surface area contributed by atoms with Crippen molar-refractivity contribution in [3.05, 3.63) is 0 Å². The summed E-state index contributed by atoms with van der Waals surface area (Å²) in [5.41, 5.74) is -0.502. The molecule has 6 nitrogen and oxygen atoms in total. The maximum atomic E-state index is 12.0. The Morgan fingerprint density at radius 3 is 2.29 bits per heavy atom. The molecule has 2 N–H and O–H groups in total. The summed E-state index contributed by atoms with van der Waals surface area (Å²) in [4.78, 5) is 0. The average Bonchev–Trinajstić information content (AvgIpc) is 2.13. The number of rotatable bonds is 8. The topological polar surface area (TPSA) is 78.9 Å². The third-order valence-electron chi connectivity index (χ3n) is 1.85. The smallest absolute Gasteiger partial charge is 0.279 e. The first-order chi connectivity index (χ1) is 7.73. The lowest BCUT2D eigenvalue weighted by molar-refractivity contribution is 0.0857. The van der Waals surface area contributed by atoms with E-state index in [0.29, 0.717) is 6.54 Å². The van der Waals surface area contributed by atoms with Gasteiger partial charge in [-0.15, -0.1) is 0 Å². The minimum absolute atomic E-state index is 0.0564. The van der Waals surface area contributed by atoms with E-state index in [1.54, 1.807) is 27.7 Å². The fourth-order valence-corrected chi connectivity index (χ4v) is 2.79. The molecular formula is C10H24N2O4S. The van der Waals surface area contributed by atoms with E-state index in [4.69, 9.17) is 9.84 Å². The van der Waals surface area contributed by atoms with Crippen molar-refractivity contribution in [3.8, 4) is 0 Å². The number of aliphatic hydroxyl groups is 1. The molecule has 0 saturated heterocycles. The highest BCUT2D eigenvalue weighted by Crippen LogP contribution is 2.06. The number of likely N-dealkylation sites (N-methyl/N-ethyl adjacent to an activating group) is 1. The van der Waals surface area contributed by atoms with Gasteiger partial charge in [-0.3, -0.25) is 0 Å². The molecule has 0 aromatic rings. The van der Waals surface area contributed by atoms with Crippen LogP contribution in [0.1, 0.15) is 27.7 Å². The second kappa shape index (κ2) is 7.27. The summed E-state index contributed by atoms with van der Waals surface area (Å²) in [5, 5.41) is 8.53. The van der Waals surface area contributed by atoms with Gasteiger partial charge >= 0.3 is 0 Å². The van der Waals surface area contributed by atoms with Gasteiger partial charge in [-0.25, -0.2) is 0 Å². The molecule has 0 atom stereocenters. The van der Waals surface area contributed by atoms with E-state index in [1.807, 2.05) is 0 Å². The van der Waals surface area contributed by atoms with Gasteiger partial charge < -0.3 is 9.84 Å². The molecule has 0 heterocycles. The highest BCUT2D eigenvalue weighted by molar-refractivity contribution is 7.87. The fraction of sp³-hybridized carbons (Fsp3) is 1.00. The quantitative estimate of drug-likeness (QED) is 0.605. The lowest BCUT2D eigenvalue weighted by Crippen LogP contribution is -2.49. The zero-order valence-electron chi connectivity index (χ0n) is 11.1. The van der Waals surface area contributed by atoms with Gasteiger partial charge in [0.2, 0.25) is 0 Å². The second-order valence-electron chi connectivity index (χ2n) is 4.68.